The quantitative estimate of drug-likeness (QED) is 0.648. The molecule has 0 heterocycles. The summed E-state index contributed by atoms with van der Waals surface area (Å²) >= 11 is 12.1. The third kappa shape index (κ3) is 3.60. The fourth-order valence-corrected chi connectivity index (χ4v) is 2.33. The van der Waals surface area contributed by atoms with Crippen molar-refractivity contribution in [3.63, 3.8) is 0 Å². The van der Waals surface area contributed by atoms with Crippen molar-refractivity contribution in [2.45, 2.75) is 6.61 Å². The lowest BCUT2D eigenvalue weighted by atomic mass is 10.1. The van der Waals surface area contributed by atoms with E-state index in [1.54, 1.807) is 30.3 Å². The van der Waals surface area contributed by atoms with Gasteiger partial charge in [-0.15, -0.1) is 0 Å². The Morgan fingerprint density at radius 3 is 2.43 bits per heavy atom. The van der Waals surface area contributed by atoms with Crippen LogP contribution in [-0.4, -0.2) is 12.9 Å². The summed E-state index contributed by atoms with van der Waals surface area (Å²) < 4.78 is 10.9. The van der Waals surface area contributed by atoms with E-state index in [1.165, 1.54) is 7.11 Å². The summed E-state index contributed by atoms with van der Waals surface area (Å²) in [5.74, 6) is 0.915. The maximum atomic E-state index is 7.47. The highest BCUT2D eigenvalue weighted by atomic mass is 35.5. The van der Waals surface area contributed by atoms with Gasteiger partial charge in [0.25, 0.3) is 0 Å². The molecule has 3 N–H and O–H groups in total. The van der Waals surface area contributed by atoms with Gasteiger partial charge in [0.2, 0.25) is 0 Å². The van der Waals surface area contributed by atoms with E-state index in [1.807, 2.05) is 6.07 Å². The number of methoxy groups -OCH3 is 1. The Bertz CT molecular complexity index is 654. The molecular formula is C15H14Cl2N2O2. The molecule has 0 spiro atoms. The van der Waals surface area contributed by atoms with Gasteiger partial charge in [-0.2, -0.15) is 0 Å². The first kappa shape index (κ1) is 15.5. The molecule has 110 valence electrons. The fraction of sp³-hybridized carbons (Fsp3) is 0.133. The van der Waals surface area contributed by atoms with Crippen LogP contribution in [0.25, 0.3) is 0 Å². The van der Waals surface area contributed by atoms with Crippen molar-refractivity contribution in [1.82, 2.24) is 0 Å². The van der Waals surface area contributed by atoms with Crippen LogP contribution in [0.1, 0.15) is 11.1 Å². The predicted octanol–water partition coefficient (Wildman–Crippen LogP) is 3.87. The highest BCUT2D eigenvalue weighted by molar-refractivity contribution is 6.37. The van der Waals surface area contributed by atoms with Crippen molar-refractivity contribution in [2.75, 3.05) is 7.11 Å². The van der Waals surface area contributed by atoms with E-state index in [-0.39, 0.29) is 12.4 Å². The third-order valence-electron chi connectivity index (χ3n) is 2.86. The number of hydrogen-bond acceptors (Lipinski definition) is 3. The molecule has 0 amide bonds. The highest BCUT2D eigenvalue weighted by Crippen LogP contribution is 2.33. The van der Waals surface area contributed by atoms with Gasteiger partial charge in [-0.1, -0.05) is 35.3 Å². The predicted molar refractivity (Wildman–Crippen MR) is 84.8 cm³/mol. The highest BCUT2D eigenvalue weighted by Gasteiger charge is 2.10. The van der Waals surface area contributed by atoms with Crippen molar-refractivity contribution in [2.24, 2.45) is 5.73 Å². The molecule has 4 nitrogen and oxygen atoms in total. The van der Waals surface area contributed by atoms with Crippen LogP contribution in [0.15, 0.2) is 36.4 Å². The zero-order valence-corrected chi connectivity index (χ0v) is 12.8. The zero-order valence-electron chi connectivity index (χ0n) is 11.3. The lowest BCUT2D eigenvalue weighted by molar-refractivity contribution is 0.305. The summed E-state index contributed by atoms with van der Waals surface area (Å²) in [5.41, 5.74) is 6.88. The summed E-state index contributed by atoms with van der Waals surface area (Å²) in [6.45, 7) is 0.276. The molecule has 0 fully saturated rings. The molecule has 0 aromatic heterocycles. The van der Waals surface area contributed by atoms with Crippen molar-refractivity contribution in [3.05, 3.63) is 57.6 Å². The SMILES string of the molecule is COc1cc(COc2c(Cl)cccc2Cl)ccc1C(=N)N. The Balaban J connectivity index is 2.19. The Morgan fingerprint density at radius 2 is 1.86 bits per heavy atom. The number of benzene rings is 2. The second-order valence-electron chi connectivity index (χ2n) is 4.29. The van der Waals surface area contributed by atoms with E-state index < -0.39 is 0 Å². The molecule has 21 heavy (non-hydrogen) atoms. The monoisotopic (exact) mass is 324 g/mol. The molecule has 0 aliphatic heterocycles. The molecule has 0 unspecified atom stereocenters. The number of hydrogen-bond donors (Lipinski definition) is 2. The summed E-state index contributed by atoms with van der Waals surface area (Å²) in [6.07, 6.45) is 0. The standard InChI is InChI=1S/C15H14Cl2N2O2/c1-20-13-7-9(5-6-10(13)15(18)19)8-21-14-11(16)3-2-4-12(14)17/h2-7H,8H2,1H3,(H3,18,19). The molecule has 2 aromatic carbocycles. The maximum Gasteiger partial charge on any atom is 0.156 e. The average Bonchev–Trinajstić information content (AvgIpc) is 2.46. The van der Waals surface area contributed by atoms with Gasteiger partial charge in [-0.05, 0) is 29.8 Å². The van der Waals surface area contributed by atoms with Crippen LogP contribution < -0.4 is 15.2 Å². The molecule has 2 rings (SSSR count). The molecule has 2 aromatic rings. The first-order valence-corrected chi connectivity index (χ1v) is 6.86. The molecule has 6 heteroatoms. The minimum absolute atomic E-state index is 0.0477. The molecule has 0 atom stereocenters. The third-order valence-corrected chi connectivity index (χ3v) is 3.45. The minimum atomic E-state index is -0.0477. The zero-order chi connectivity index (χ0) is 15.4. The first-order chi connectivity index (χ1) is 10.0. The van der Waals surface area contributed by atoms with Crippen LogP contribution in [0.5, 0.6) is 11.5 Å². The van der Waals surface area contributed by atoms with Crippen molar-refractivity contribution < 1.29 is 9.47 Å². The summed E-state index contributed by atoms with van der Waals surface area (Å²) in [7, 11) is 1.53. The normalized spacial score (nSPS) is 10.2. The average molecular weight is 325 g/mol. The molecule has 0 aliphatic carbocycles. The number of para-hydroxylation sites is 1. The van der Waals surface area contributed by atoms with E-state index in [2.05, 4.69) is 0 Å². The summed E-state index contributed by atoms with van der Waals surface area (Å²) in [5, 5.41) is 8.38. The topological polar surface area (TPSA) is 68.3 Å². The van der Waals surface area contributed by atoms with E-state index >= 15 is 0 Å². The Hall–Kier alpha value is -1.91. The van der Waals surface area contributed by atoms with Gasteiger partial charge in [-0.25, -0.2) is 0 Å². The Morgan fingerprint density at radius 1 is 1.19 bits per heavy atom. The van der Waals surface area contributed by atoms with E-state index in [0.717, 1.165) is 5.56 Å². The van der Waals surface area contributed by atoms with Crippen molar-refractivity contribution >= 4 is 29.0 Å². The van der Waals surface area contributed by atoms with Gasteiger partial charge in [-0.3, -0.25) is 5.41 Å². The summed E-state index contributed by atoms with van der Waals surface area (Å²) in [6, 6.07) is 10.5. The van der Waals surface area contributed by atoms with E-state index in [0.29, 0.717) is 27.1 Å². The molecule has 0 saturated heterocycles. The molecule has 0 aliphatic rings. The van der Waals surface area contributed by atoms with Gasteiger partial charge in [0.1, 0.15) is 18.2 Å². The second-order valence-corrected chi connectivity index (χ2v) is 5.10. The lowest BCUT2D eigenvalue weighted by Gasteiger charge is -2.12. The van der Waals surface area contributed by atoms with Crippen LogP contribution in [0.2, 0.25) is 10.0 Å². The second kappa shape index (κ2) is 6.70. The minimum Gasteiger partial charge on any atom is -0.496 e. The van der Waals surface area contributed by atoms with Crippen molar-refractivity contribution in [3.8, 4) is 11.5 Å². The van der Waals surface area contributed by atoms with Crippen molar-refractivity contribution in [1.29, 1.82) is 5.41 Å². The van der Waals surface area contributed by atoms with Crippen LogP contribution in [-0.2, 0) is 6.61 Å². The van der Waals surface area contributed by atoms with Gasteiger partial charge in [0, 0.05) is 0 Å². The fourth-order valence-electron chi connectivity index (χ4n) is 1.82. The number of nitrogens with one attached hydrogen (secondary N) is 1. The van der Waals surface area contributed by atoms with E-state index in [4.69, 9.17) is 43.8 Å². The van der Waals surface area contributed by atoms with Crippen LogP contribution in [0.4, 0.5) is 0 Å². The largest absolute Gasteiger partial charge is 0.496 e. The van der Waals surface area contributed by atoms with Gasteiger partial charge in [0.15, 0.2) is 5.75 Å². The van der Waals surface area contributed by atoms with Crippen LogP contribution in [0, 0.1) is 5.41 Å². The number of halogens is 2. The number of ether oxygens (including phenoxy) is 2. The Labute approximate surface area is 132 Å². The first-order valence-electron chi connectivity index (χ1n) is 6.11. The maximum absolute atomic E-state index is 7.47. The summed E-state index contributed by atoms with van der Waals surface area (Å²) in [4.78, 5) is 0. The van der Waals surface area contributed by atoms with Gasteiger partial charge in [0.05, 0.1) is 22.7 Å². The number of nitrogen functional groups attached to an aromatic ring is 1. The van der Waals surface area contributed by atoms with Crippen LogP contribution >= 0.6 is 23.2 Å². The van der Waals surface area contributed by atoms with Gasteiger partial charge < -0.3 is 15.2 Å². The molecule has 0 saturated carbocycles. The smallest absolute Gasteiger partial charge is 0.156 e. The molecule has 0 radical (unpaired) electrons. The van der Waals surface area contributed by atoms with E-state index in [9.17, 15) is 0 Å². The number of nitrogens with two attached hydrogens (primary N) is 1. The number of amidine groups is 1. The lowest BCUT2D eigenvalue weighted by Crippen LogP contribution is -2.12. The molecule has 0 bridgehead atoms. The number of rotatable bonds is 5. The Kier molecular flexibility index (Phi) is 4.94. The van der Waals surface area contributed by atoms with Gasteiger partial charge >= 0.3 is 0 Å². The molecular weight excluding hydrogens is 311 g/mol. The van der Waals surface area contributed by atoms with Crippen LogP contribution in [0.3, 0.4) is 0 Å².